The van der Waals surface area contributed by atoms with Gasteiger partial charge in [0, 0.05) is 44.8 Å². The highest BCUT2D eigenvalue weighted by molar-refractivity contribution is 7.99. The number of fused-ring (bicyclic) bond motifs is 1. The van der Waals surface area contributed by atoms with Gasteiger partial charge in [0.05, 0.1) is 0 Å². The molecule has 9 nitrogen and oxygen atoms in total. The Kier molecular flexibility index (Phi) is 4.20. The van der Waals surface area contributed by atoms with E-state index in [0.717, 1.165) is 42.2 Å². The normalized spacial score (nSPS) is 14.6. The zero-order chi connectivity index (χ0) is 16.4. The SMILES string of the molecule is Cn1ccnc1SCCNc1nc2nonc2nc1N1CCCC1. The summed E-state index contributed by atoms with van der Waals surface area (Å²) in [5, 5.41) is 12.0. The molecule has 10 heteroatoms. The van der Waals surface area contributed by atoms with E-state index in [2.05, 4.69) is 35.5 Å². The van der Waals surface area contributed by atoms with Crippen LogP contribution < -0.4 is 10.2 Å². The molecule has 0 saturated carbocycles. The largest absolute Gasteiger partial charge is 0.366 e. The number of thioether (sulfide) groups is 1. The minimum Gasteiger partial charge on any atom is -0.366 e. The first kappa shape index (κ1) is 15.2. The third-order valence-corrected chi connectivity index (χ3v) is 4.96. The summed E-state index contributed by atoms with van der Waals surface area (Å²) in [5.41, 5.74) is 0.877. The fourth-order valence-electron chi connectivity index (χ4n) is 2.70. The summed E-state index contributed by atoms with van der Waals surface area (Å²) in [6, 6.07) is 0. The van der Waals surface area contributed by atoms with E-state index in [4.69, 9.17) is 4.63 Å². The Bertz CT molecular complexity index is 825. The number of anilines is 2. The molecule has 126 valence electrons. The van der Waals surface area contributed by atoms with Crippen LogP contribution in [0.15, 0.2) is 22.2 Å². The van der Waals surface area contributed by atoms with Crippen molar-refractivity contribution in [2.45, 2.75) is 18.0 Å². The van der Waals surface area contributed by atoms with E-state index in [-0.39, 0.29) is 0 Å². The van der Waals surface area contributed by atoms with Crippen molar-refractivity contribution in [3.63, 3.8) is 0 Å². The lowest BCUT2D eigenvalue weighted by Crippen LogP contribution is -2.22. The first-order valence-corrected chi connectivity index (χ1v) is 8.89. The lowest BCUT2D eigenvalue weighted by Gasteiger charge is -2.19. The zero-order valence-corrected chi connectivity index (χ0v) is 14.2. The van der Waals surface area contributed by atoms with Gasteiger partial charge in [0.25, 0.3) is 0 Å². The van der Waals surface area contributed by atoms with E-state index in [0.29, 0.717) is 11.3 Å². The second-order valence-electron chi connectivity index (χ2n) is 5.60. The smallest absolute Gasteiger partial charge is 0.245 e. The van der Waals surface area contributed by atoms with Gasteiger partial charge in [-0.05, 0) is 23.2 Å². The van der Waals surface area contributed by atoms with Crippen LogP contribution in [0.2, 0.25) is 0 Å². The quantitative estimate of drug-likeness (QED) is 0.526. The molecule has 0 bridgehead atoms. The van der Waals surface area contributed by atoms with E-state index in [1.807, 2.05) is 17.8 Å². The molecule has 0 spiro atoms. The molecular weight excluding hydrogens is 328 g/mol. The van der Waals surface area contributed by atoms with Gasteiger partial charge in [0.15, 0.2) is 16.8 Å². The summed E-state index contributed by atoms with van der Waals surface area (Å²) in [5.74, 6) is 2.44. The minimum absolute atomic E-state index is 0.428. The maximum absolute atomic E-state index is 4.74. The molecule has 0 atom stereocenters. The predicted molar refractivity (Wildman–Crippen MR) is 91.3 cm³/mol. The summed E-state index contributed by atoms with van der Waals surface area (Å²) in [7, 11) is 1.99. The van der Waals surface area contributed by atoms with Crippen LogP contribution in [-0.2, 0) is 7.05 Å². The zero-order valence-electron chi connectivity index (χ0n) is 13.3. The van der Waals surface area contributed by atoms with Gasteiger partial charge in [0.2, 0.25) is 11.3 Å². The molecule has 0 unspecified atom stereocenters. The van der Waals surface area contributed by atoms with Crippen LogP contribution in [0, 0.1) is 0 Å². The first-order valence-electron chi connectivity index (χ1n) is 7.90. The number of nitrogens with one attached hydrogen (secondary N) is 1. The molecule has 0 radical (unpaired) electrons. The van der Waals surface area contributed by atoms with Crippen LogP contribution >= 0.6 is 11.8 Å². The Hall–Kier alpha value is -2.36. The molecule has 1 fully saturated rings. The standard InChI is InChI=1S/C14H18N8OS/c1-21-8-4-16-14(21)24-9-5-15-12-13(22-6-2-3-7-22)18-11-10(17-12)19-23-20-11/h4,8H,2-3,5-7,9H2,1H3,(H,15,17,19). The van der Waals surface area contributed by atoms with Crippen molar-refractivity contribution in [3.8, 4) is 0 Å². The van der Waals surface area contributed by atoms with Crippen molar-refractivity contribution in [2.24, 2.45) is 7.05 Å². The van der Waals surface area contributed by atoms with Crippen molar-refractivity contribution in [1.82, 2.24) is 29.8 Å². The fraction of sp³-hybridized carbons (Fsp3) is 0.500. The maximum atomic E-state index is 4.74. The van der Waals surface area contributed by atoms with Gasteiger partial charge in [-0.25, -0.2) is 19.6 Å². The number of aryl methyl sites for hydroxylation is 1. The Balaban J connectivity index is 1.47. The molecule has 0 aromatic carbocycles. The van der Waals surface area contributed by atoms with Crippen LogP contribution in [0.5, 0.6) is 0 Å². The Labute approximate surface area is 142 Å². The Morgan fingerprint density at radius 2 is 2.00 bits per heavy atom. The minimum atomic E-state index is 0.428. The van der Waals surface area contributed by atoms with Crippen molar-refractivity contribution >= 4 is 34.7 Å². The first-order chi connectivity index (χ1) is 11.8. The number of aromatic nitrogens is 6. The second kappa shape index (κ2) is 6.63. The lowest BCUT2D eigenvalue weighted by atomic mass is 10.4. The van der Waals surface area contributed by atoms with E-state index in [9.17, 15) is 0 Å². The summed E-state index contributed by atoms with van der Waals surface area (Å²) in [6.45, 7) is 2.73. The number of rotatable bonds is 6. The van der Waals surface area contributed by atoms with Crippen molar-refractivity contribution in [3.05, 3.63) is 12.4 Å². The molecule has 3 aromatic heterocycles. The van der Waals surface area contributed by atoms with Gasteiger partial charge in [-0.1, -0.05) is 11.8 Å². The molecule has 4 rings (SSSR count). The second-order valence-corrected chi connectivity index (χ2v) is 6.66. The average Bonchev–Trinajstić information content (AvgIpc) is 3.32. The van der Waals surface area contributed by atoms with E-state index in [1.54, 1.807) is 18.0 Å². The van der Waals surface area contributed by atoms with Crippen LogP contribution in [0.25, 0.3) is 11.3 Å². The third kappa shape index (κ3) is 3.01. The molecule has 1 saturated heterocycles. The van der Waals surface area contributed by atoms with Gasteiger partial charge >= 0.3 is 0 Å². The van der Waals surface area contributed by atoms with Gasteiger partial charge in [-0.2, -0.15) is 0 Å². The van der Waals surface area contributed by atoms with Gasteiger partial charge < -0.3 is 14.8 Å². The number of imidazole rings is 1. The van der Waals surface area contributed by atoms with E-state index >= 15 is 0 Å². The molecule has 1 N–H and O–H groups in total. The molecule has 1 aliphatic rings. The summed E-state index contributed by atoms with van der Waals surface area (Å²) in [4.78, 5) is 15.6. The Morgan fingerprint density at radius 3 is 2.75 bits per heavy atom. The van der Waals surface area contributed by atoms with Crippen LogP contribution in [0.4, 0.5) is 11.6 Å². The van der Waals surface area contributed by atoms with Crippen LogP contribution in [0.1, 0.15) is 12.8 Å². The van der Waals surface area contributed by atoms with E-state index in [1.165, 1.54) is 12.8 Å². The maximum Gasteiger partial charge on any atom is 0.245 e. The predicted octanol–water partition coefficient (Wildman–Crippen LogP) is 1.55. The summed E-state index contributed by atoms with van der Waals surface area (Å²) in [6.07, 6.45) is 6.09. The van der Waals surface area contributed by atoms with Gasteiger partial charge in [-0.3, -0.25) is 0 Å². The molecule has 0 aliphatic carbocycles. The van der Waals surface area contributed by atoms with E-state index < -0.39 is 0 Å². The molecular formula is C14H18N8OS. The highest BCUT2D eigenvalue weighted by atomic mass is 32.2. The van der Waals surface area contributed by atoms with Crippen LogP contribution in [-0.4, -0.2) is 55.2 Å². The topological polar surface area (TPSA) is 97.8 Å². The van der Waals surface area contributed by atoms with Crippen molar-refractivity contribution < 1.29 is 4.63 Å². The number of hydrogen-bond donors (Lipinski definition) is 1. The monoisotopic (exact) mass is 346 g/mol. The molecule has 1 aliphatic heterocycles. The highest BCUT2D eigenvalue weighted by Gasteiger charge is 2.20. The Morgan fingerprint density at radius 1 is 1.21 bits per heavy atom. The average molecular weight is 346 g/mol. The third-order valence-electron chi connectivity index (χ3n) is 3.90. The number of hydrogen-bond acceptors (Lipinski definition) is 9. The van der Waals surface area contributed by atoms with Crippen LogP contribution in [0.3, 0.4) is 0 Å². The molecule has 0 amide bonds. The molecule has 3 aromatic rings. The summed E-state index contributed by atoms with van der Waals surface area (Å²) >= 11 is 1.70. The molecule has 4 heterocycles. The lowest BCUT2D eigenvalue weighted by molar-refractivity contribution is 0.314. The highest BCUT2D eigenvalue weighted by Crippen LogP contribution is 2.27. The fourth-order valence-corrected chi connectivity index (χ4v) is 3.49. The number of nitrogens with zero attached hydrogens (tertiary/aromatic N) is 7. The van der Waals surface area contributed by atoms with Crippen molar-refractivity contribution in [1.29, 1.82) is 0 Å². The van der Waals surface area contributed by atoms with Crippen molar-refractivity contribution in [2.75, 3.05) is 35.6 Å². The van der Waals surface area contributed by atoms with Gasteiger partial charge in [-0.15, -0.1) is 0 Å². The summed E-state index contributed by atoms with van der Waals surface area (Å²) < 4.78 is 6.75. The molecule has 24 heavy (non-hydrogen) atoms. The van der Waals surface area contributed by atoms with Gasteiger partial charge in [0.1, 0.15) is 0 Å².